The molecule has 28 heavy (non-hydrogen) atoms. The van der Waals surface area contributed by atoms with Gasteiger partial charge < -0.3 is 15.7 Å². The number of hydrogen-bond donors (Lipinski definition) is 3. The van der Waals surface area contributed by atoms with E-state index in [1.807, 2.05) is 75.4 Å². The van der Waals surface area contributed by atoms with Crippen LogP contribution in [0.4, 0.5) is 17.5 Å². The minimum Gasteiger partial charge on any atom is -0.394 e. The van der Waals surface area contributed by atoms with Crippen molar-refractivity contribution in [1.29, 1.82) is 0 Å². The average molecular weight is 397 g/mol. The van der Waals surface area contributed by atoms with Gasteiger partial charge in [-0.1, -0.05) is 61.8 Å². The lowest BCUT2D eigenvalue weighted by molar-refractivity contribution is 0.248. The van der Waals surface area contributed by atoms with E-state index in [1.165, 1.54) is 0 Å². The van der Waals surface area contributed by atoms with Crippen molar-refractivity contribution >= 4 is 29.1 Å². The second kappa shape index (κ2) is 9.04. The third-order valence-electron chi connectivity index (χ3n) is 4.56. The molecule has 3 rings (SSSR count). The van der Waals surface area contributed by atoms with Crippen LogP contribution < -0.4 is 10.6 Å². The van der Waals surface area contributed by atoms with E-state index in [9.17, 15) is 5.11 Å². The number of benzene rings is 2. The average Bonchev–Trinajstić information content (AvgIpc) is 2.69. The molecule has 0 amide bonds. The van der Waals surface area contributed by atoms with Gasteiger partial charge in [-0.15, -0.1) is 0 Å². The molecule has 0 saturated heterocycles. The molecule has 0 bridgehead atoms. The maximum absolute atomic E-state index is 9.66. The van der Waals surface area contributed by atoms with Gasteiger partial charge in [-0.05, 0) is 30.5 Å². The number of rotatable bonds is 7. The predicted octanol–water partition coefficient (Wildman–Crippen LogP) is 5.28. The summed E-state index contributed by atoms with van der Waals surface area (Å²) in [7, 11) is 0. The molecule has 3 N–H and O–H groups in total. The van der Waals surface area contributed by atoms with Gasteiger partial charge in [0.1, 0.15) is 5.82 Å². The Hall–Kier alpha value is -2.63. The van der Waals surface area contributed by atoms with E-state index in [1.54, 1.807) is 0 Å². The van der Waals surface area contributed by atoms with Crippen molar-refractivity contribution < 1.29 is 5.11 Å². The fraction of sp³-hybridized carbons (Fsp3) is 0.273. The number of aryl methyl sites for hydroxylation is 1. The molecule has 1 aromatic heterocycles. The highest BCUT2D eigenvalue weighted by Crippen LogP contribution is 2.26. The smallest absolute Gasteiger partial charge is 0.225 e. The molecule has 2 aromatic carbocycles. The van der Waals surface area contributed by atoms with Gasteiger partial charge in [0.05, 0.1) is 18.3 Å². The molecule has 0 saturated carbocycles. The summed E-state index contributed by atoms with van der Waals surface area (Å²) in [6.45, 7) is 6.06. The zero-order chi connectivity index (χ0) is 20.1. The third-order valence-corrected chi connectivity index (χ3v) is 4.96. The summed E-state index contributed by atoms with van der Waals surface area (Å²) in [4.78, 5) is 9.24. The first-order valence-electron chi connectivity index (χ1n) is 9.31. The van der Waals surface area contributed by atoms with Crippen molar-refractivity contribution in [3.05, 3.63) is 65.2 Å². The van der Waals surface area contributed by atoms with Gasteiger partial charge in [0.25, 0.3) is 0 Å². The Labute approximate surface area is 170 Å². The van der Waals surface area contributed by atoms with Crippen LogP contribution in [0.5, 0.6) is 0 Å². The molecule has 0 unspecified atom stereocenters. The lowest BCUT2D eigenvalue weighted by atomic mass is 10.1. The maximum atomic E-state index is 9.66. The van der Waals surface area contributed by atoms with E-state index >= 15 is 0 Å². The van der Waals surface area contributed by atoms with E-state index in [4.69, 9.17) is 11.6 Å². The summed E-state index contributed by atoms with van der Waals surface area (Å²) in [6, 6.07) is 17.5. The van der Waals surface area contributed by atoms with Gasteiger partial charge in [-0.25, -0.2) is 4.98 Å². The Morgan fingerprint density at radius 1 is 1.04 bits per heavy atom. The molecule has 146 valence electrons. The summed E-state index contributed by atoms with van der Waals surface area (Å²) in [5.74, 6) is 1.35. The molecular weight excluding hydrogens is 372 g/mol. The molecule has 5 nitrogen and oxygen atoms in total. The number of aromatic nitrogens is 2. The largest absolute Gasteiger partial charge is 0.394 e. The summed E-state index contributed by atoms with van der Waals surface area (Å²) >= 11 is 6.25. The molecule has 0 aliphatic carbocycles. The molecule has 0 spiro atoms. The Morgan fingerprint density at radius 2 is 1.79 bits per heavy atom. The number of nitrogens with zero attached hydrogens (tertiary/aromatic N) is 2. The van der Waals surface area contributed by atoms with Crippen LogP contribution in [-0.2, 0) is 0 Å². The Bertz CT molecular complexity index is 931. The second-order valence-corrected chi connectivity index (χ2v) is 7.50. The van der Waals surface area contributed by atoms with Crippen LogP contribution in [0.25, 0.3) is 11.3 Å². The van der Waals surface area contributed by atoms with Crippen LogP contribution in [0.3, 0.4) is 0 Å². The molecule has 1 atom stereocenters. The normalized spacial score (nSPS) is 12.1. The summed E-state index contributed by atoms with van der Waals surface area (Å²) in [5.41, 5.74) is 3.65. The van der Waals surface area contributed by atoms with E-state index in [2.05, 4.69) is 20.6 Å². The molecule has 0 fully saturated rings. The van der Waals surface area contributed by atoms with Crippen molar-refractivity contribution in [3.63, 3.8) is 0 Å². The van der Waals surface area contributed by atoms with E-state index in [0.29, 0.717) is 16.8 Å². The summed E-state index contributed by atoms with van der Waals surface area (Å²) < 4.78 is 0. The van der Waals surface area contributed by atoms with Gasteiger partial charge in [0.2, 0.25) is 5.95 Å². The second-order valence-electron chi connectivity index (χ2n) is 7.09. The van der Waals surface area contributed by atoms with Crippen molar-refractivity contribution in [2.45, 2.75) is 26.8 Å². The highest BCUT2D eigenvalue weighted by molar-refractivity contribution is 6.31. The predicted molar refractivity (Wildman–Crippen MR) is 116 cm³/mol. The number of aliphatic hydroxyl groups excluding tert-OH is 1. The highest BCUT2D eigenvalue weighted by Gasteiger charge is 2.15. The number of hydrogen-bond acceptors (Lipinski definition) is 5. The first kappa shape index (κ1) is 20.1. The zero-order valence-corrected chi connectivity index (χ0v) is 17.0. The molecule has 1 heterocycles. The van der Waals surface area contributed by atoms with Crippen LogP contribution in [0.15, 0.2) is 54.6 Å². The molecule has 0 aliphatic heterocycles. The number of halogens is 1. The Kier molecular flexibility index (Phi) is 6.49. The van der Waals surface area contributed by atoms with E-state index in [-0.39, 0.29) is 18.6 Å². The van der Waals surface area contributed by atoms with Gasteiger partial charge in [0, 0.05) is 22.3 Å². The lowest BCUT2D eigenvalue weighted by Gasteiger charge is -2.20. The van der Waals surface area contributed by atoms with Gasteiger partial charge >= 0.3 is 0 Å². The van der Waals surface area contributed by atoms with Gasteiger partial charge in [-0.2, -0.15) is 4.98 Å². The van der Waals surface area contributed by atoms with Crippen molar-refractivity contribution in [2.75, 3.05) is 17.2 Å². The highest BCUT2D eigenvalue weighted by atomic mass is 35.5. The summed E-state index contributed by atoms with van der Waals surface area (Å²) in [5, 5.41) is 16.9. The first-order valence-corrected chi connectivity index (χ1v) is 9.69. The first-order chi connectivity index (χ1) is 13.5. The minimum atomic E-state index is -0.132. The standard InChI is InChI=1S/C22H25ClN4O/c1-14(2)20(13-28)26-22-25-19(16-7-5-4-6-8-16)12-21(27-22)24-17-10-9-15(3)18(23)11-17/h4-12,14,20,28H,13H2,1-3H3,(H2,24,25,26,27)/t20-/m0/s1. The lowest BCUT2D eigenvalue weighted by Crippen LogP contribution is -2.30. The maximum Gasteiger partial charge on any atom is 0.225 e. The van der Waals surface area contributed by atoms with E-state index < -0.39 is 0 Å². The number of aliphatic hydroxyl groups is 1. The van der Waals surface area contributed by atoms with Crippen molar-refractivity contribution in [1.82, 2.24) is 9.97 Å². The fourth-order valence-electron chi connectivity index (χ4n) is 2.74. The van der Waals surface area contributed by atoms with Crippen molar-refractivity contribution in [2.24, 2.45) is 5.92 Å². The van der Waals surface area contributed by atoms with E-state index in [0.717, 1.165) is 22.5 Å². The van der Waals surface area contributed by atoms with Crippen molar-refractivity contribution in [3.8, 4) is 11.3 Å². The monoisotopic (exact) mass is 396 g/mol. The quantitative estimate of drug-likeness (QED) is 0.507. The van der Waals surface area contributed by atoms with Crippen LogP contribution in [0.2, 0.25) is 5.02 Å². The molecular formula is C22H25ClN4O. The van der Waals surface area contributed by atoms with Crippen LogP contribution in [-0.4, -0.2) is 27.7 Å². The molecule has 6 heteroatoms. The molecule has 3 aromatic rings. The zero-order valence-electron chi connectivity index (χ0n) is 16.3. The number of anilines is 3. The Balaban J connectivity index is 1.97. The molecule has 0 aliphatic rings. The van der Waals surface area contributed by atoms with Gasteiger partial charge in [0.15, 0.2) is 0 Å². The third kappa shape index (κ3) is 5.00. The topological polar surface area (TPSA) is 70.1 Å². The SMILES string of the molecule is Cc1ccc(Nc2cc(-c3ccccc3)nc(N[C@@H](CO)C(C)C)n2)cc1Cl. The van der Waals surface area contributed by atoms with Crippen LogP contribution in [0.1, 0.15) is 19.4 Å². The Morgan fingerprint density at radius 3 is 2.43 bits per heavy atom. The van der Waals surface area contributed by atoms with Crippen LogP contribution >= 0.6 is 11.6 Å². The van der Waals surface area contributed by atoms with Crippen LogP contribution in [0, 0.1) is 12.8 Å². The van der Waals surface area contributed by atoms with Gasteiger partial charge in [-0.3, -0.25) is 0 Å². The number of nitrogens with one attached hydrogen (secondary N) is 2. The summed E-state index contributed by atoms with van der Waals surface area (Å²) in [6.07, 6.45) is 0. The fourth-order valence-corrected chi connectivity index (χ4v) is 2.92. The minimum absolute atomic E-state index is 0.00687. The molecule has 0 radical (unpaired) electrons.